The van der Waals surface area contributed by atoms with E-state index >= 15 is 0 Å². The molecule has 1 aromatic rings. The molecule has 0 bridgehead atoms. The normalized spacial score (nSPS) is 23.8. The molecule has 7 nitrogen and oxygen atoms in total. The van der Waals surface area contributed by atoms with Crippen molar-refractivity contribution in [2.45, 2.75) is 43.9 Å². The maximum atomic E-state index is 9.86. The fraction of sp³-hybridized carbons (Fsp3) is 0.875. The molecule has 1 aliphatic carbocycles. The molecule has 0 unspecified atom stereocenters. The van der Waals surface area contributed by atoms with Gasteiger partial charge >= 0.3 is 0 Å². The topological polar surface area (TPSA) is 66.7 Å². The Morgan fingerprint density at radius 2 is 2.13 bits per heavy atom. The lowest BCUT2D eigenvalue weighted by Gasteiger charge is -2.25. The van der Waals surface area contributed by atoms with Gasteiger partial charge in [-0.15, -0.1) is 10.2 Å². The van der Waals surface area contributed by atoms with E-state index in [1.54, 1.807) is 7.11 Å². The summed E-state index contributed by atoms with van der Waals surface area (Å²) in [6, 6.07) is 0.505. The molecule has 1 N–H and O–H groups in total. The van der Waals surface area contributed by atoms with Crippen LogP contribution < -0.4 is 0 Å². The monoisotopic (exact) mass is 323 g/mol. The van der Waals surface area contributed by atoms with Gasteiger partial charge in [-0.1, -0.05) is 0 Å². The molecular formula is C16H29N5O2. The summed E-state index contributed by atoms with van der Waals surface area (Å²) in [5.74, 6) is 2.83. The van der Waals surface area contributed by atoms with Gasteiger partial charge in [0.15, 0.2) is 0 Å². The smallest absolute Gasteiger partial charge is 0.146 e. The van der Waals surface area contributed by atoms with E-state index in [1.165, 1.54) is 12.8 Å². The molecule has 23 heavy (non-hydrogen) atoms. The second-order valence-corrected chi connectivity index (χ2v) is 7.03. The summed E-state index contributed by atoms with van der Waals surface area (Å²) < 4.78 is 7.17. The van der Waals surface area contributed by atoms with Gasteiger partial charge in [0.25, 0.3) is 0 Å². The standard InChI is InChI=1S/C16H29N5O2/c1-19(10-15-17-18-16(20(15)2)12-4-5-12)13-6-7-21(8-13)9-14(22)11-23-3/h12-14,22H,4-11H2,1-3H3/t13-,14+/m1/s1. The highest BCUT2D eigenvalue weighted by Gasteiger charge is 2.31. The first kappa shape index (κ1) is 16.8. The third kappa shape index (κ3) is 4.09. The highest BCUT2D eigenvalue weighted by Crippen LogP contribution is 2.38. The molecule has 2 heterocycles. The molecule has 0 radical (unpaired) electrons. The predicted molar refractivity (Wildman–Crippen MR) is 87.2 cm³/mol. The summed E-state index contributed by atoms with van der Waals surface area (Å²) in [5.41, 5.74) is 0. The van der Waals surface area contributed by atoms with E-state index in [-0.39, 0.29) is 0 Å². The Bertz CT molecular complexity index is 517. The van der Waals surface area contributed by atoms with Crippen molar-refractivity contribution in [3.05, 3.63) is 11.6 Å². The number of aliphatic hydroxyl groups is 1. The lowest BCUT2D eigenvalue weighted by Crippen LogP contribution is -2.38. The molecule has 0 aromatic carbocycles. The average molecular weight is 323 g/mol. The maximum absolute atomic E-state index is 9.86. The predicted octanol–water partition coefficient (Wildman–Crippen LogP) is 0.206. The van der Waals surface area contributed by atoms with E-state index in [9.17, 15) is 5.11 Å². The van der Waals surface area contributed by atoms with Crippen molar-refractivity contribution in [3.8, 4) is 0 Å². The molecule has 2 atom stereocenters. The third-order valence-electron chi connectivity index (χ3n) is 5.03. The Kier molecular flexibility index (Phi) is 5.31. The number of nitrogens with zero attached hydrogens (tertiary/aromatic N) is 5. The van der Waals surface area contributed by atoms with Crippen molar-refractivity contribution in [1.82, 2.24) is 24.6 Å². The second-order valence-electron chi connectivity index (χ2n) is 7.03. The number of likely N-dealkylation sites (N-methyl/N-ethyl adjacent to an activating group) is 1. The van der Waals surface area contributed by atoms with Crippen molar-refractivity contribution in [2.75, 3.05) is 40.4 Å². The van der Waals surface area contributed by atoms with Crippen molar-refractivity contribution < 1.29 is 9.84 Å². The lowest BCUT2D eigenvalue weighted by atomic mass is 10.2. The van der Waals surface area contributed by atoms with E-state index in [1.807, 2.05) is 0 Å². The number of β-amino-alcohol motifs (C(OH)–C–C–N with tert-alkyl or cyclic N) is 1. The number of hydrogen-bond donors (Lipinski definition) is 1. The van der Waals surface area contributed by atoms with Crippen molar-refractivity contribution in [3.63, 3.8) is 0 Å². The molecule has 0 spiro atoms. The van der Waals surface area contributed by atoms with Crippen LogP contribution in [0.5, 0.6) is 0 Å². The van der Waals surface area contributed by atoms with E-state index in [2.05, 4.69) is 38.7 Å². The fourth-order valence-corrected chi connectivity index (χ4v) is 3.44. The molecule has 3 rings (SSSR count). The summed E-state index contributed by atoms with van der Waals surface area (Å²) in [6.45, 7) is 3.94. The first-order valence-electron chi connectivity index (χ1n) is 8.56. The van der Waals surface area contributed by atoms with Gasteiger partial charge < -0.3 is 14.4 Å². The maximum Gasteiger partial charge on any atom is 0.146 e. The molecule has 1 aromatic heterocycles. The van der Waals surface area contributed by atoms with Gasteiger partial charge in [0.2, 0.25) is 0 Å². The van der Waals surface area contributed by atoms with Crippen LogP contribution in [0.2, 0.25) is 0 Å². The zero-order valence-electron chi connectivity index (χ0n) is 14.5. The highest BCUT2D eigenvalue weighted by atomic mass is 16.5. The zero-order chi connectivity index (χ0) is 16.4. The molecule has 1 saturated carbocycles. The Hall–Kier alpha value is -1.02. The molecule has 0 amide bonds. The average Bonchev–Trinajstić information content (AvgIpc) is 3.14. The minimum atomic E-state index is -0.399. The lowest BCUT2D eigenvalue weighted by molar-refractivity contribution is 0.0413. The van der Waals surface area contributed by atoms with Crippen LogP contribution in [0.25, 0.3) is 0 Å². The van der Waals surface area contributed by atoms with Gasteiger partial charge in [0.1, 0.15) is 11.6 Å². The Balaban J connectivity index is 1.50. The fourth-order valence-electron chi connectivity index (χ4n) is 3.44. The van der Waals surface area contributed by atoms with Crippen LogP contribution in [0.4, 0.5) is 0 Å². The van der Waals surface area contributed by atoms with E-state index in [4.69, 9.17) is 4.74 Å². The van der Waals surface area contributed by atoms with E-state index in [0.29, 0.717) is 25.1 Å². The zero-order valence-corrected chi connectivity index (χ0v) is 14.5. The molecule has 1 saturated heterocycles. The summed E-state index contributed by atoms with van der Waals surface area (Å²) >= 11 is 0. The minimum absolute atomic E-state index is 0.399. The molecule has 130 valence electrons. The van der Waals surface area contributed by atoms with Gasteiger partial charge in [-0.05, 0) is 32.9 Å². The van der Waals surface area contributed by atoms with E-state index in [0.717, 1.165) is 37.7 Å². The number of aliphatic hydroxyl groups excluding tert-OH is 1. The van der Waals surface area contributed by atoms with Crippen LogP contribution in [0.1, 0.15) is 36.8 Å². The van der Waals surface area contributed by atoms with Gasteiger partial charge in [-0.2, -0.15) is 0 Å². The summed E-state index contributed by atoms with van der Waals surface area (Å²) in [5, 5.41) is 18.6. The van der Waals surface area contributed by atoms with Crippen molar-refractivity contribution >= 4 is 0 Å². The number of likely N-dealkylation sites (tertiary alicyclic amines) is 1. The summed E-state index contributed by atoms with van der Waals surface area (Å²) in [7, 11) is 5.87. The Morgan fingerprint density at radius 3 is 2.83 bits per heavy atom. The highest BCUT2D eigenvalue weighted by molar-refractivity contribution is 5.07. The second kappa shape index (κ2) is 7.25. The van der Waals surface area contributed by atoms with Crippen LogP contribution in [-0.2, 0) is 18.3 Å². The Morgan fingerprint density at radius 1 is 1.35 bits per heavy atom. The Labute approximate surface area is 138 Å². The van der Waals surface area contributed by atoms with E-state index < -0.39 is 6.10 Å². The van der Waals surface area contributed by atoms with Crippen LogP contribution in [0.3, 0.4) is 0 Å². The van der Waals surface area contributed by atoms with Crippen LogP contribution in [0.15, 0.2) is 0 Å². The molecule has 2 fully saturated rings. The number of hydrogen-bond acceptors (Lipinski definition) is 6. The number of aromatic nitrogens is 3. The van der Waals surface area contributed by atoms with Crippen LogP contribution >= 0.6 is 0 Å². The quantitative estimate of drug-likeness (QED) is 0.737. The summed E-state index contributed by atoms with van der Waals surface area (Å²) in [6.07, 6.45) is 3.24. The number of ether oxygens (including phenoxy) is 1. The largest absolute Gasteiger partial charge is 0.389 e. The van der Waals surface area contributed by atoms with Gasteiger partial charge in [0.05, 0.1) is 19.3 Å². The van der Waals surface area contributed by atoms with Crippen molar-refractivity contribution in [1.29, 1.82) is 0 Å². The minimum Gasteiger partial charge on any atom is -0.389 e. The molecule has 1 aliphatic heterocycles. The first-order chi connectivity index (χ1) is 11.1. The molecule has 7 heteroatoms. The van der Waals surface area contributed by atoms with Crippen LogP contribution in [0, 0.1) is 0 Å². The number of rotatable bonds is 8. The third-order valence-corrected chi connectivity index (χ3v) is 5.03. The van der Waals surface area contributed by atoms with Gasteiger partial charge in [0, 0.05) is 39.2 Å². The first-order valence-corrected chi connectivity index (χ1v) is 8.56. The van der Waals surface area contributed by atoms with Gasteiger partial charge in [-0.3, -0.25) is 9.80 Å². The van der Waals surface area contributed by atoms with Gasteiger partial charge in [-0.25, -0.2) is 0 Å². The molecule has 2 aliphatic rings. The summed E-state index contributed by atoms with van der Waals surface area (Å²) in [4.78, 5) is 4.68. The van der Waals surface area contributed by atoms with Crippen molar-refractivity contribution in [2.24, 2.45) is 7.05 Å². The molecular weight excluding hydrogens is 294 g/mol. The SMILES string of the molecule is COC[C@@H](O)CN1CC[C@@H](N(C)Cc2nnc(C3CC3)n2C)C1. The van der Waals surface area contributed by atoms with Crippen LogP contribution in [-0.4, -0.2) is 82.2 Å². The number of methoxy groups -OCH3 is 1.